The molecule has 1 aliphatic heterocycles. The predicted octanol–water partition coefficient (Wildman–Crippen LogP) is 2.38. The van der Waals surface area contributed by atoms with Crippen molar-refractivity contribution in [2.75, 3.05) is 33.7 Å². The lowest BCUT2D eigenvalue weighted by Gasteiger charge is -2.33. The van der Waals surface area contributed by atoms with Crippen molar-refractivity contribution >= 4 is 11.9 Å². The van der Waals surface area contributed by atoms with Crippen LogP contribution in [0.4, 0.5) is 0 Å². The number of guanidine groups is 1. The van der Waals surface area contributed by atoms with Crippen molar-refractivity contribution < 1.29 is 4.79 Å². The average molecular weight is 388 g/mol. The summed E-state index contributed by atoms with van der Waals surface area (Å²) in [5, 5.41) is 6.97. The van der Waals surface area contributed by atoms with Crippen molar-refractivity contribution in [3.8, 4) is 0 Å². The lowest BCUT2D eigenvalue weighted by Crippen LogP contribution is -2.50. The Morgan fingerprint density at radius 3 is 2.57 bits per heavy atom. The highest BCUT2D eigenvalue weighted by atomic mass is 16.2. The Morgan fingerprint density at radius 1 is 1.29 bits per heavy atom. The van der Waals surface area contributed by atoms with E-state index in [2.05, 4.69) is 65.6 Å². The maximum absolute atomic E-state index is 11.9. The Morgan fingerprint density at radius 2 is 1.96 bits per heavy atom. The number of nitrogens with one attached hydrogen (secondary N) is 2. The largest absolute Gasteiger partial charge is 0.354 e. The molecular weight excluding hydrogens is 350 g/mol. The molecule has 0 saturated carbocycles. The Kier molecular flexibility index (Phi) is 8.77. The summed E-state index contributed by atoms with van der Waals surface area (Å²) in [5.74, 6) is 0.764. The number of rotatable bonds is 7. The summed E-state index contributed by atoms with van der Waals surface area (Å²) in [6, 6.07) is 9.33. The molecule has 1 amide bonds. The minimum Gasteiger partial charge on any atom is -0.354 e. The van der Waals surface area contributed by atoms with Crippen LogP contribution in [0.25, 0.3) is 0 Å². The first-order chi connectivity index (χ1) is 13.4. The molecule has 1 aliphatic rings. The van der Waals surface area contributed by atoms with Crippen LogP contribution < -0.4 is 10.6 Å². The molecule has 0 aromatic heterocycles. The topological polar surface area (TPSA) is 60.0 Å². The normalized spacial score (nSPS) is 17.2. The van der Waals surface area contributed by atoms with Crippen molar-refractivity contribution in [3.63, 3.8) is 0 Å². The fourth-order valence-electron chi connectivity index (χ4n) is 3.21. The molecule has 156 valence electrons. The van der Waals surface area contributed by atoms with E-state index >= 15 is 0 Å². The first kappa shape index (κ1) is 22.2. The maximum atomic E-state index is 11.9. The van der Waals surface area contributed by atoms with E-state index in [-0.39, 0.29) is 12.5 Å². The van der Waals surface area contributed by atoms with E-state index in [1.807, 2.05) is 0 Å². The van der Waals surface area contributed by atoms with Gasteiger partial charge in [-0.15, -0.1) is 0 Å². The second-order valence-corrected chi connectivity index (χ2v) is 8.03. The first-order valence-corrected chi connectivity index (χ1v) is 10.4. The van der Waals surface area contributed by atoms with Crippen LogP contribution in [0.5, 0.6) is 0 Å². The van der Waals surface area contributed by atoms with E-state index in [0.29, 0.717) is 12.1 Å². The van der Waals surface area contributed by atoms with Gasteiger partial charge in [-0.05, 0) is 44.2 Å². The highest BCUT2D eigenvalue weighted by Crippen LogP contribution is 2.16. The van der Waals surface area contributed by atoms with E-state index in [1.165, 1.54) is 11.1 Å². The van der Waals surface area contributed by atoms with Crippen LogP contribution in [0.1, 0.15) is 44.2 Å². The summed E-state index contributed by atoms with van der Waals surface area (Å²) in [6.07, 6.45) is 3.17. The third kappa shape index (κ3) is 7.15. The van der Waals surface area contributed by atoms with Crippen molar-refractivity contribution in [3.05, 3.63) is 35.4 Å². The number of carbonyl (C=O) groups is 1. The SMILES string of the molecule is CCC(C)NC(=NCC(=O)N(C)C)NC1CCN(Cc2ccccc2C)CC1. The monoisotopic (exact) mass is 387 g/mol. The number of aliphatic imine (C=N–C) groups is 1. The van der Waals surface area contributed by atoms with E-state index in [9.17, 15) is 4.79 Å². The van der Waals surface area contributed by atoms with Crippen molar-refractivity contribution in [2.24, 2.45) is 4.99 Å². The Labute approximate surface area is 170 Å². The van der Waals surface area contributed by atoms with Crippen LogP contribution in [0, 0.1) is 6.92 Å². The zero-order valence-electron chi connectivity index (χ0n) is 18.2. The fourth-order valence-corrected chi connectivity index (χ4v) is 3.21. The van der Waals surface area contributed by atoms with Crippen molar-refractivity contribution in [2.45, 2.75) is 58.7 Å². The van der Waals surface area contributed by atoms with Crippen molar-refractivity contribution in [1.29, 1.82) is 0 Å². The van der Waals surface area contributed by atoms with Crippen molar-refractivity contribution in [1.82, 2.24) is 20.4 Å². The molecule has 28 heavy (non-hydrogen) atoms. The van der Waals surface area contributed by atoms with Crippen LogP contribution in [-0.4, -0.2) is 67.5 Å². The molecule has 0 aliphatic carbocycles. The number of benzene rings is 1. The van der Waals surface area contributed by atoms with E-state index < -0.39 is 0 Å². The van der Waals surface area contributed by atoms with Gasteiger partial charge in [-0.3, -0.25) is 9.69 Å². The Bertz CT molecular complexity index is 650. The molecule has 1 heterocycles. The molecule has 6 nitrogen and oxygen atoms in total. The molecule has 1 aromatic rings. The zero-order chi connectivity index (χ0) is 20.5. The second kappa shape index (κ2) is 11.1. The quantitative estimate of drug-likeness (QED) is 0.557. The zero-order valence-corrected chi connectivity index (χ0v) is 18.2. The molecule has 0 spiro atoms. The lowest BCUT2D eigenvalue weighted by atomic mass is 10.0. The number of piperidine rings is 1. The number of nitrogens with zero attached hydrogens (tertiary/aromatic N) is 3. The molecular formula is C22H37N5O. The number of carbonyl (C=O) groups excluding carboxylic acids is 1. The second-order valence-electron chi connectivity index (χ2n) is 8.03. The van der Waals surface area contributed by atoms with Crippen LogP contribution in [0.3, 0.4) is 0 Å². The summed E-state index contributed by atoms with van der Waals surface area (Å²) in [6.45, 7) is 9.79. The fraction of sp³-hybridized carbons (Fsp3) is 0.636. The molecule has 0 radical (unpaired) electrons. The Hall–Kier alpha value is -2.08. The van der Waals surface area contributed by atoms with Gasteiger partial charge in [-0.2, -0.15) is 0 Å². The average Bonchev–Trinajstić information content (AvgIpc) is 2.68. The summed E-state index contributed by atoms with van der Waals surface area (Å²) in [7, 11) is 3.52. The van der Waals surface area contributed by atoms with Gasteiger partial charge in [0.1, 0.15) is 6.54 Å². The van der Waals surface area contributed by atoms with Crippen LogP contribution in [0.2, 0.25) is 0 Å². The highest BCUT2D eigenvalue weighted by Gasteiger charge is 2.21. The smallest absolute Gasteiger partial charge is 0.243 e. The molecule has 1 aromatic carbocycles. The van der Waals surface area contributed by atoms with Gasteiger partial charge in [0.05, 0.1) is 0 Å². The van der Waals surface area contributed by atoms with Gasteiger partial charge in [0, 0.05) is 45.8 Å². The van der Waals surface area contributed by atoms with Gasteiger partial charge < -0.3 is 15.5 Å². The van der Waals surface area contributed by atoms with Crippen LogP contribution in [-0.2, 0) is 11.3 Å². The molecule has 1 unspecified atom stereocenters. The third-order valence-corrected chi connectivity index (χ3v) is 5.45. The number of hydrogen-bond acceptors (Lipinski definition) is 3. The number of likely N-dealkylation sites (tertiary alicyclic amines) is 1. The van der Waals surface area contributed by atoms with Crippen LogP contribution in [0.15, 0.2) is 29.3 Å². The summed E-state index contributed by atoms with van der Waals surface area (Å²) in [4.78, 5) is 20.5. The molecule has 2 N–H and O–H groups in total. The molecule has 1 atom stereocenters. The highest BCUT2D eigenvalue weighted by molar-refractivity contribution is 5.85. The minimum absolute atomic E-state index is 0.0123. The third-order valence-electron chi connectivity index (χ3n) is 5.45. The van der Waals surface area contributed by atoms with E-state index in [1.54, 1.807) is 19.0 Å². The van der Waals surface area contributed by atoms with Gasteiger partial charge >= 0.3 is 0 Å². The molecule has 1 saturated heterocycles. The number of amides is 1. The number of likely N-dealkylation sites (N-methyl/N-ethyl adjacent to an activating group) is 1. The minimum atomic E-state index is 0.0123. The van der Waals surface area contributed by atoms with Gasteiger partial charge in [0.25, 0.3) is 0 Å². The number of aryl methyl sites for hydroxylation is 1. The molecule has 6 heteroatoms. The summed E-state index contributed by atoms with van der Waals surface area (Å²) < 4.78 is 0. The van der Waals surface area contributed by atoms with Gasteiger partial charge in [0.2, 0.25) is 5.91 Å². The lowest BCUT2D eigenvalue weighted by molar-refractivity contribution is -0.127. The van der Waals surface area contributed by atoms with Gasteiger partial charge in [-0.1, -0.05) is 31.2 Å². The van der Waals surface area contributed by atoms with Gasteiger partial charge in [0.15, 0.2) is 5.96 Å². The van der Waals surface area contributed by atoms with E-state index in [4.69, 9.17) is 0 Å². The van der Waals surface area contributed by atoms with E-state index in [0.717, 1.165) is 44.9 Å². The summed E-state index contributed by atoms with van der Waals surface area (Å²) in [5.41, 5.74) is 2.78. The number of hydrogen-bond donors (Lipinski definition) is 2. The molecule has 2 rings (SSSR count). The predicted molar refractivity (Wildman–Crippen MR) is 116 cm³/mol. The van der Waals surface area contributed by atoms with Crippen LogP contribution >= 0.6 is 0 Å². The standard InChI is InChI=1S/C22H37N5O/c1-6-18(3)24-22(23-15-21(28)26(4)5)25-20-11-13-27(14-12-20)16-19-10-8-7-9-17(19)2/h7-10,18,20H,6,11-16H2,1-5H3,(H2,23,24,25). The summed E-state index contributed by atoms with van der Waals surface area (Å²) >= 11 is 0. The molecule has 0 bridgehead atoms. The molecule has 1 fully saturated rings. The first-order valence-electron chi connectivity index (χ1n) is 10.4. The Balaban J connectivity index is 1.88. The van der Waals surface area contributed by atoms with Gasteiger partial charge in [-0.25, -0.2) is 4.99 Å². The maximum Gasteiger partial charge on any atom is 0.243 e.